The van der Waals surface area contributed by atoms with Crippen LogP contribution in [0.25, 0.3) is 11.3 Å². The van der Waals surface area contributed by atoms with Crippen molar-refractivity contribution in [3.63, 3.8) is 0 Å². The number of primary amides is 1. The number of carbonyl (C=O) groups is 1. The maximum absolute atomic E-state index is 11.6. The zero-order valence-electron chi connectivity index (χ0n) is 14.3. The van der Waals surface area contributed by atoms with Crippen molar-refractivity contribution in [2.75, 3.05) is 18.0 Å². The number of nitrogens with two attached hydrogens (primary N) is 1. The number of pyridine rings is 1. The lowest BCUT2D eigenvalue weighted by molar-refractivity contribution is 0.100. The summed E-state index contributed by atoms with van der Waals surface area (Å²) in [6, 6.07) is 13.8. The minimum atomic E-state index is -0.445. The molecule has 0 unspecified atom stereocenters. The van der Waals surface area contributed by atoms with E-state index in [9.17, 15) is 4.79 Å². The number of hydrogen-bond donors (Lipinski definition) is 1. The van der Waals surface area contributed by atoms with Crippen molar-refractivity contribution in [1.29, 1.82) is 0 Å². The van der Waals surface area contributed by atoms with Gasteiger partial charge < -0.3 is 10.6 Å². The van der Waals surface area contributed by atoms with Crippen molar-refractivity contribution in [2.24, 2.45) is 5.73 Å². The fourth-order valence-corrected chi connectivity index (χ4v) is 3.38. The van der Waals surface area contributed by atoms with Gasteiger partial charge in [0.25, 0.3) is 5.91 Å². The highest BCUT2D eigenvalue weighted by molar-refractivity contribution is 5.97. The fourth-order valence-electron chi connectivity index (χ4n) is 3.38. The Kier molecular flexibility index (Phi) is 4.35. The lowest BCUT2D eigenvalue weighted by Gasteiger charge is -2.33. The van der Waals surface area contributed by atoms with Crippen LogP contribution in [0.3, 0.4) is 0 Å². The highest BCUT2D eigenvalue weighted by Crippen LogP contribution is 2.27. The Morgan fingerprint density at radius 3 is 2.58 bits per heavy atom. The van der Waals surface area contributed by atoms with Crippen molar-refractivity contribution < 1.29 is 4.79 Å². The lowest BCUT2D eigenvalue weighted by atomic mass is 10.0. The van der Waals surface area contributed by atoms with Gasteiger partial charge in [0, 0.05) is 24.8 Å². The monoisotopic (exact) mass is 348 g/mol. The van der Waals surface area contributed by atoms with Crippen LogP contribution in [0, 0.1) is 0 Å². The Balaban J connectivity index is 1.46. The molecule has 0 radical (unpaired) electrons. The number of benzene rings is 1. The molecule has 1 fully saturated rings. The molecule has 1 amide bonds. The molecule has 1 saturated heterocycles. The molecule has 0 atom stereocenters. The average molecular weight is 348 g/mol. The molecular formula is C19H20N6O. The summed E-state index contributed by atoms with van der Waals surface area (Å²) in [5, 5.41) is 8.62. The largest absolute Gasteiger partial charge is 0.365 e. The van der Waals surface area contributed by atoms with Gasteiger partial charge >= 0.3 is 0 Å². The van der Waals surface area contributed by atoms with E-state index in [2.05, 4.69) is 20.2 Å². The number of hydrogen-bond acceptors (Lipinski definition) is 5. The number of aromatic nitrogens is 4. The molecular weight excluding hydrogens is 328 g/mol. The molecule has 0 aliphatic carbocycles. The molecule has 2 aromatic heterocycles. The van der Waals surface area contributed by atoms with Crippen LogP contribution in [-0.2, 0) is 0 Å². The van der Waals surface area contributed by atoms with Gasteiger partial charge in [0.15, 0.2) is 0 Å². The second-order valence-corrected chi connectivity index (χ2v) is 6.41. The minimum Gasteiger partial charge on any atom is -0.365 e. The van der Waals surface area contributed by atoms with E-state index in [0.717, 1.165) is 37.2 Å². The summed E-state index contributed by atoms with van der Waals surface area (Å²) < 4.78 is 1.95. The number of carbonyl (C=O) groups excluding carboxylic acids is 1. The Bertz CT molecular complexity index is 899. The summed E-state index contributed by atoms with van der Waals surface area (Å²) in [5.74, 6) is 0.223. The molecule has 26 heavy (non-hydrogen) atoms. The van der Waals surface area contributed by atoms with Crippen LogP contribution < -0.4 is 10.6 Å². The summed E-state index contributed by atoms with van der Waals surface area (Å²) in [5.41, 5.74) is 7.89. The van der Waals surface area contributed by atoms with Gasteiger partial charge in [-0.2, -0.15) is 0 Å². The van der Waals surface area contributed by atoms with Gasteiger partial charge in [-0.05, 0) is 25.0 Å². The van der Waals surface area contributed by atoms with Crippen molar-refractivity contribution in [3.05, 3.63) is 60.4 Å². The predicted molar refractivity (Wildman–Crippen MR) is 98.7 cm³/mol. The number of piperidine rings is 1. The normalized spacial score (nSPS) is 15.2. The maximum atomic E-state index is 11.6. The first kappa shape index (κ1) is 16.3. The predicted octanol–water partition coefficient (Wildman–Crippen LogP) is 2.28. The molecule has 1 aromatic carbocycles. The van der Waals surface area contributed by atoms with Crippen molar-refractivity contribution in [3.8, 4) is 11.3 Å². The van der Waals surface area contributed by atoms with E-state index in [1.54, 1.807) is 18.3 Å². The first-order valence-corrected chi connectivity index (χ1v) is 8.69. The molecule has 4 rings (SSSR count). The van der Waals surface area contributed by atoms with Gasteiger partial charge in [-0.15, -0.1) is 5.10 Å². The van der Waals surface area contributed by atoms with Crippen molar-refractivity contribution >= 4 is 11.7 Å². The number of amides is 1. The first-order valence-electron chi connectivity index (χ1n) is 8.69. The summed E-state index contributed by atoms with van der Waals surface area (Å²) in [7, 11) is 0. The average Bonchev–Trinajstić information content (AvgIpc) is 3.19. The lowest BCUT2D eigenvalue weighted by Crippen LogP contribution is -2.36. The van der Waals surface area contributed by atoms with Gasteiger partial charge in [0.1, 0.15) is 11.5 Å². The molecule has 1 aliphatic heterocycles. The standard InChI is InChI=1S/C19H20N6O/c20-18(26)16-7-4-10-21-19(16)24-11-8-15(9-12-24)25-13-17(22-23-25)14-5-2-1-3-6-14/h1-7,10,13,15H,8-9,11-12H2,(H2,20,26). The summed E-state index contributed by atoms with van der Waals surface area (Å²) in [6.45, 7) is 1.59. The Morgan fingerprint density at radius 2 is 1.85 bits per heavy atom. The van der Waals surface area contributed by atoms with Crippen LogP contribution in [0.1, 0.15) is 29.2 Å². The van der Waals surface area contributed by atoms with Crippen LogP contribution in [-0.4, -0.2) is 39.0 Å². The molecule has 3 heterocycles. The second kappa shape index (κ2) is 6.95. The quantitative estimate of drug-likeness (QED) is 0.781. The van der Waals surface area contributed by atoms with Crippen molar-refractivity contribution in [1.82, 2.24) is 20.0 Å². The van der Waals surface area contributed by atoms with Crippen LogP contribution in [0.5, 0.6) is 0 Å². The van der Waals surface area contributed by atoms with Crippen LogP contribution >= 0.6 is 0 Å². The van der Waals surface area contributed by atoms with E-state index in [4.69, 9.17) is 5.73 Å². The van der Waals surface area contributed by atoms with Gasteiger partial charge in [-0.1, -0.05) is 35.5 Å². The molecule has 7 heteroatoms. The Morgan fingerprint density at radius 1 is 1.08 bits per heavy atom. The molecule has 2 N–H and O–H groups in total. The molecule has 3 aromatic rings. The topological polar surface area (TPSA) is 89.9 Å². The summed E-state index contributed by atoms with van der Waals surface area (Å²) in [6.07, 6.45) is 5.52. The molecule has 0 bridgehead atoms. The second-order valence-electron chi connectivity index (χ2n) is 6.41. The highest BCUT2D eigenvalue weighted by Gasteiger charge is 2.25. The zero-order valence-corrected chi connectivity index (χ0v) is 14.3. The van der Waals surface area contributed by atoms with E-state index >= 15 is 0 Å². The van der Waals surface area contributed by atoms with Gasteiger partial charge in [-0.3, -0.25) is 4.79 Å². The molecule has 132 valence electrons. The first-order chi connectivity index (χ1) is 12.7. The van der Waals surface area contributed by atoms with Gasteiger partial charge in [-0.25, -0.2) is 9.67 Å². The molecule has 0 saturated carbocycles. The van der Waals surface area contributed by atoms with Gasteiger partial charge in [0.2, 0.25) is 0 Å². The van der Waals surface area contributed by atoms with E-state index < -0.39 is 5.91 Å². The smallest absolute Gasteiger partial charge is 0.252 e. The highest BCUT2D eigenvalue weighted by atomic mass is 16.1. The third-order valence-corrected chi connectivity index (χ3v) is 4.77. The number of anilines is 1. The summed E-state index contributed by atoms with van der Waals surface area (Å²) in [4.78, 5) is 18.1. The van der Waals surface area contributed by atoms with Crippen LogP contribution in [0.2, 0.25) is 0 Å². The SMILES string of the molecule is NC(=O)c1cccnc1N1CCC(n2cc(-c3ccccc3)nn2)CC1. The molecule has 1 aliphatic rings. The third kappa shape index (κ3) is 3.15. The van der Waals surface area contributed by atoms with Crippen molar-refractivity contribution in [2.45, 2.75) is 18.9 Å². The van der Waals surface area contributed by atoms with Crippen LogP contribution in [0.15, 0.2) is 54.9 Å². The zero-order chi connectivity index (χ0) is 17.9. The van der Waals surface area contributed by atoms with E-state index in [0.29, 0.717) is 11.4 Å². The molecule has 7 nitrogen and oxygen atoms in total. The van der Waals surface area contributed by atoms with E-state index in [1.165, 1.54) is 0 Å². The van der Waals surface area contributed by atoms with Crippen LogP contribution in [0.4, 0.5) is 5.82 Å². The third-order valence-electron chi connectivity index (χ3n) is 4.77. The van der Waals surface area contributed by atoms with E-state index in [-0.39, 0.29) is 6.04 Å². The fraction of sp³-hybridized carbons (Fsp3) is 0.263. The van der Waals surface area contributed by atoms with E-state index in [1.807, 2.05) is 41.2 Å². The van der Waals surface area contributed by atoms with Gasteiger partial charge in [0.05, 0.1) is 17.8 Å². The Hall–Kier alpha value is -3.22. The molecule has 0 spiro atoms. The maximum Gasteiger partial charge on any atom is 0.252 e. The Labute approximate surface area is 151 Å². The number of rotatable bonds is 4. The summed E-state index contributed by atoms with van der Waals surface area (Å²) >= 11 is 0. The minimum absolute atomic E-state index is 0.289. The number of nitrogens with zero attached hydrogens (tertiary/aromatic N) is 5.